The highest BCUT2D eigenvalue weighted by Crippen LogP contribution is 2.25. The highest BCUT2D eigenvalue weighted by atomic mass is 16.4. The summed E-state index contributed by atoms with van der Waals surface area (Å²) in [6.45, 7) is 6.69. The molecule has 0 aliphatic carbocycles. The molecule has 2 aliphatic heterocycles. The quantitative estimate of drug-likeness (QED) is 0.925. The van der Waals surface area contributed by atoms with E-state index in [9.17, 15) is 4.79 Å². The summed E-state index contributed by atoms with van der Waals surface area (Å²) in [4.78, 5) is 20.3. The molecule has 1 aromatic heterocycles. The van der Waals surface area contributed by atoms with Crippen LogP contribution < -0.4 is 4.90 Å². The normalized spacial score (nSPS) is 26.2. The van der Waals surface area contributed by atoms with Crippen molar-refractivity contribution in [3.8, 4) is 0 Å². The SMILES string of the molecule is CC1CCCCN1CC1CCCN(c2cccc(C(=O)O)n2)C1. The molecule has 2 saturated heterocycles. The lowest BCUT2D eigenvalue weighted by molar-refractivity contribution is 0.0690. The van der Waals surface area contributed by atoms with Crippen molar-refractivity contribution in [3.63, 3.8) is 0 Å². The Morgan fingerprint density at radius 3 is 2.91 bits per heavy atom. The van der Waals surface area contributed by atoms with Gasteiger partial charge in [0.1, 0.15) is 5.82 Å². The summed E-state index contributed by atoms with van der Waals surface area (Å²) in [6.07, 6.45) is 6.42. The van der Waals surface area contributed by atoms with Crippen molar-refractivity contribution >= 4 is 11.8 Å². The van der Waals surface area contributed by atoms with E-state index >= 15 is 0 Å². The second-order valence-electron chi connectivity index (χ2n) is 6.98. The number of anilines is 1. The van der Waals surface area contributed by atoms with E-state index in [-0.39, 0.29) is 5.69 Å². The second-order valence-corrected chi connectivity index (χ2v) is 6.98. The Balaban J connectivity index is 1.63. The zero-order chi connectivity index (χ0) is 16.2. The highest BCUT2D eigenvalue weighted by molar-refractivity contribution is 5.85. The topological polar surface area (TPSA) is 56.7 Å². The van der Waals surface area contributed by atoms with Crippen LogP contribution in [0.25, 0.3) is 0 Å². The van der Waals surface area contributed by atoms with Gasteiger partial charge in [-0.25, -0.2) is 9.78 Å². The van der Waals surface area contributed by atoms with Crippen LogP contribution in [-0.2, 0) is 0 Å². The van der Waals surface area contributed by atoms with Gasteiger partial charge in [-0.15, -0.1) is 0 Å². The first-order valence-electron chi connectivity index (χ1n) is 8.83. The third kappa shape index (κ3) is 4.02. The molecule has 0 spiro atoms. The minimum Gasteiger partial charge on any atom is -0.477 e. The van der Waals surface area contributed by atoms with Crippen LogP contribution in [0.1, 0.15) is 49.5 Å². The van der Waals surface area contributed by atoms with E-state index in [4.69, 9.17) is 5.11 Å². The van der Waals surface area contributed by atoms with Crippen LogP contribution in [0.15, 0.2) is 18.2 Å². The third-order valence-corrected chi connectivity index (χ3v) is 5.23. The number of aromatic carboxylic acids is 1. The molecule has 0 saturated carbocycles. The molecule has 0 bridgehead atoms. The van der Waals surface area contributed by atoms with Gasteiger partial charge in [0.2, 0.25) is 0 Å². The lowest BCUT2D eigenvalue weighted by Crippen LogP contribution is -2.45. The fourth-order valence-corrected chi connectivity index (χ4v) is 3.90. The largest absolute Gasteiger partial charge is 0.477 e. The summed E-state index contributed by atoms with van der Waals surface area (Å²) in [5, 5.41) is 9.12. The van der Waals surface area contributed by atoms with Crippen molar-refractivity contribution in [3.05, 3.63) is 23.9 Å². The number of pyridine rings is 1. The third-order valence-electron chi connectivity index (χ3n) is 5.23. The number of hydrogen-bond donors (Lipinski definition) is 1. The number of piperidine rings is 2. The molecular formula is C18H27N3O2. The van der Waals surface area contributed by atoms with Crippen molar-refractivity contribution in [1.29, 1.82) is 0 Å². The average molecular weight is 317 g/mol. The Hall–Kier alpha value is -1.62. The van der Waals surface area contributed by atoms with Gasteiger partial charge in [-0.05, 0) is 57.2 Å². The van der Waals surface area contributed by atoms with Gasteiger partial charge in [-0.2, -0.15) is 0 Å². The fourth-order valence-electron chi connectivity index (χ4n) is 3.90. The molecule has 0 amide bonds. The van der Waals surface area contributed by atoms with Gasteiger partial charge in [0.25, 0.3) is 0 Å². The standard InChI is InChI=1S/C18H27N3O2/c1-14-6-2-3-10-20(14)12-15-7-5-11-21(13-15)17-9-4-8-16(19-17)18(22)23/h4,8-9,14-15H,2-3,5-7,10-13H2,1H3,(H,22,23). The predicted octanol–water partition coefficient (Wildman–Crippen LogP) is 2.87. The first kappa shape index (κ1) is 16.2. The predicted molar refractivity (Wildman–Crippen MR) is 91.0 cm³/mol. The molecule has 3 heterocycles. The number of likely N-dealkylation sites (tertiary alicyclic amines) is 1. The maximum Gasteiger partial charge on any atom is 0.354 e. The maximum absolute atomic E-state index is 11.1. The number of nitrogens with zero attached hydrogens (tertiary/aromatic N) is 3. The molecule has 2 fully saturated rings. The lowest BCUT2D eigenvalue weighted by atomic mass is 9.95. The molecule has 5 heteroatoms. The molecule has 0 aromatic carbocycles. The van der Waals surface area contributed by atoms with E-state index in [1.165, 1.54) is 32.2 Å². The Kier molecular flexibility index (Phi) is 5.16. The van der Waals surface area contributed by atoms with E-state index in [0.29, 0.717) is 12.0 Å². The molecule has 23 heavy (non-hydrogen) atoms. The van der Waals surface area contributed by atoms with Gasteiger partial charge in [0.15, 0.2) is 5.69 Å². The van der Waals surface area contributed by atoms with Crippen LogP contribution >= 0.6 is 0 Å². The molecule has 3 rings (SSSR count). The van der Waals surface area contributed by atoms with Crippen LogP contribution in [0.4, 0.5) is 5.82 Å². The minimum atomic E-state index is -0.956. The number of carboxylic acid groups (broad SMARTS) is 1. The van der Waals surface area contributed by atoms with Crippen molar-refractivity contribution in [2.45, 2.75) is 45.1 Å². The monoisotopic (exact) mass is 317 g/mol. The van der Waals surface area contributed by atoms with Gasteiger partial charge in [-0.3, -0.25) is 0 Å². The van der Waals surface area contributed by atoms with E-state index in [1.54, 1.807) is 12.1 Å². The summed E-state index contributed by atoms with van der Waals surface area (Å²) >= 11 is 0. The highest BCUT2D eigenvalue weighted by Gasteiger charge is 2.26. The molecule has 2 atom stereocenters. The molecule has 2 aliphatic rings. The molecule has 1 N–H and O–H groups in total. The van der Waals surface area contributed by atoms with Crippen LogP contribution in [0.5, 0.6) is 0 Å². The number of hydrogen-bond acceptors (Lipinski definition) is 4. The fraction of sp³-hybridized carbons (Fsp3) is 0.667. The van der Waals surface area contributed by atoms with Crippen molar-refractivity contribution < 1.29 is 9.90 Å². The summed E-state index contributed by atoms with van der Waals surface area (Å²) in [5.41, 5.74) is 0.134. The minimum absolute atomic E-state index is 0.134. The van der Waals surface area contributed by atoms with Crippen molar-refractivity contribution in [2.75, 3.05) is 31.1 Å². The van der Waals surface area contributed by atoms with Gasteiger partial charge in [-0.1, -0.05) is 12.5 Å². The zero-order valence-corrected chi connectivity index (χ0v) is 13.9. The van der Waals surface area contributed by atoms with Crippen LogP contribution in [0, 0.1) is 5.92 Å². The second kappa shape index (κ2) is 7.30. The zero-order valence-electron chi connectivity index (χ0n) is 13.9. The molecule has 2 unspecified atom stereocenters. The van der Waals surface area contributed by atoms with Crippen LogP contribution in [-0.4, -0.2) is 53.2 Å². The summed E-state index contributed by atoms with van der Waals surface area (Å²) in [7, 11) is 0. The first-order chi connectivity index (χ1) is 11.1. The smallest absolute Gasteiger partial charge is 0.354 e. The molecule has 1 aromatic rings. The number of rotatable bonds is 4. The van der Waals surface area contributed by atoms with Gasteiger partial charge < -0.3 is 14.9 Å². The molecule has 5 nitrogen and oxygen atoms in total. The summed E-state index contributed by atoms with van der Waals surface area (Å²) in [5.74, 6) is 0.503. The Bertz CT molecular complexity index is 549. The van der Waals surface area contributed by atoms with E-state index in [1.807, 2.05) is 6.07 Å². The average Bonchev–Trinajstić information content (AvgIpc) is 2.57. The van der Waals surface area contributed by atoms with Crippen LogP contribution in [0.2, 0.25) is 0 Å². The lowest BCUT2D eigenvalue weighted by Gasteiger charge is -2.40. The molecule has 126 valence electrons. The van der Waals surface area contributed by atoms with Gasteiger partial charge in [0.05, 0.1) is 0 Å². The van der Waals surface area contributed by atoms with Crippen molar-refractivity contribution in [2.24, 2.45) is 5.92 Å². The Morgan fingerprint density at radius 1 is 1.26 bits per heavy atom. The van der Waals surface area contributed by atoms with E-state index in [0.717, 1.165) is 31.9 Å². The Morgan fingerprint density at radius 2 is 2.13 bits per heavy atom. The van der Waals surface area contributed by atoms with E-state index in [2.05, 4.69) is 21.7 Å². The van der Waals surface area contributed by atoms with Crippen molar-refractivity contribution in [1.82, 2.24) is 9.88 Å². The van der Waals surface area contributed by atoms with Gasteiger partial charge in [0, 0.05) is 25.7 Å². The van der Waals surface area contributed by atoms with Gasteiger partial charge >= 0.3 is 5.97 Å². The first-order valence-corrected chi connectivity index (χ1v) is 8.83. The number of carboxylic acids is 1. The maximum atomic E-state index is 11.1. The number of aromatic nitrogens is 1. The number of carbonyl (C=O) groups is 1. The summed E-state index contributed by atoms with van der Waals surface area (Å²) in [6, 6.07) is 5.98. The van der Waals surface area contributed by atoms with E-state index < -0.39 is 5.97 Å². The molecular weight excluding hydrogens is 290 g/mol. The summed E-state index contributed by atoms with van der Waals surface area (Å²) < 4.78 is 0. The van der Waals surface area contributed by atoms with Crippen LogP contribution in [0.3, 0.4) is 0 Å². The molecule has 0 radical (unpaired) electrons. The Labute approximate surface area is 138 Å².